The Bertz CT molecular complexity index is 1920. The molecule has 0 saturated carbocycles. The third-order valence-corrected chi connectivity index (χ3v) is 7.59. The van der Waals surface area contributed by atoms with Gasteiger partial charge in [-0.05, 0) is 98.8 Å². The smallest absolute Gasteiger partial charge is 0.201 e. The molecule has 6 aromatic rings. The second-order valence-corrected chi connectivity index (χ2v) is 11.2. The summed E-state index contributed by atoms with van der Waals surface area (Å²) >= 11 is 12.8. The zero-order valence-corrected chi connectivity index (χ0v) is 28.4. The first-order valence-electron chi connectivity index (χ1n) is 15.5. The Morgan fingerprint density at radius 1 is 0.633 bits per heavy atom. The lowest BCUT2D eigenvalue weighted by molar-refractivity contribution is -0.142. The van der Waals surface area contributed by atoms with Crippen molar-refractivity contribution in [2.75, 3.05) is 23.8 Å². The SMILES string of the molecule is CCOC(OCC)c1ccc(Nc2ccc(-c3ccccn3)c(Cl)c2)cn1.O=Cc1ccc(Nc2ccc(-c3ccccn3)c(Cl)c2)cn1. The number of pyridine rings is 4. The second-order valence-electron chi connectivity index (χ2n) is 10.4. The molecule has 6 rings (SSSR count). The highest BCUT2D eigenvalue weighted by Crippen LogP contribution is 2.31. The van der Waals surface area contributed by atoms with Crippen LogP contribution >= 0.6 is 23.2 Å². The van der Waals surface area contributed by atoms with Crippen molar-refractivity contribution in [1.29, 1.82) is 0 Å². The Morgan fingerprint density at radius 2 is 1.14 bits per heavy atom. The van der Waals surface area contributed by atoms with E-state index < -0.39 is 6.29 Å². The lowest BCUT2D eigenvalue weighted by Gasteiger charge is -2.16. The highest BCUT2D eigenvalue weighted by Gasteiger charge is 2.13. The van der Waals surface area contributed by atoms with Crippen molar-refractivity contribution >= 4 is 52.2 Å². The minimum Gasteiger partial charge on any atom is -0.354 e. The molecular formula is C38H34Cl2N6O3. The van der Waals surface area contributed by atoms with Gasteiger partial charge in [-0.3, -0.25) is 24.7 Å². The van der Waals surface area contributed by atoms with E-state index in [1.807, 2.05) is 98.8 Å². The molecule has 0 saturated heterocycles. The van der Waals surface area contributed by atoms with Crippen LogP contribution in [0.4, 0.5) is 22.7 Å². The van der Waals surface area contributed by atoms with Crippen molar-refractivity contribution < 1.29 is 14.3 Å². The average Bonchev–Trinajstić information content (AvgIpc) is 3.13. The topological polar surface area (TPSA) is 111 Å². The fourth-order valence-electron chi connectivity index (χ4n) is 4.67. The third-order valence-electron chi connectivity index (χ3n) is 6.97. The van der Waals surface area contributed by atoms with E-state index in [1.54, 1.807) is 36.9 Å². The van der Waals surface area contributed by atoms with Gasteiger partial charge >= 0.3 is 0 Å². The summed E-state index contributed by atoms with van der Waals surface area (Å²) in [4.78, 5) is 27.7. The Balaban J connectivity index is 0.000000195. The van der Waals surface area contributed by atoms with Gasteiger partial charge in [0.2, 0.25) is 6.29 Å². The van der Waals surface area contributed by atoms with Gasteiger partial charge in [0.15, 0.2) is 6.29 Å². The highest BCUT2D eigenvalue weighted by atomic mass is 35.5. The predicted molar refractivity (Wildman–Crippen MR) is 196 cm³/mol. The Morgan fingerprint density at radius 3 is 1.53 bits per heavy atom. The average molecular weight is 694 g/mol. The fourth-order valence-corrected chi connectivity index (χ4v) is 5.22. The summed E-state index contributed by atoms with van der Waals surface area (Å²) in [5, 5.41) is 7.74. The van der Waals surface area contributed by atoms with Crippen molar-refractivity contribution in [3.8, 4) is 22.5 Å². The second kappa shape index (κ2) is 17.8. The minimum atomic E-state index is -0.443. The zero-order valence-electron chi connectivity index (χ0n) is 26.9. The molecule has 11 heteroatoms. The van der Waals surface area contributed by atoms with Crippen LogP contribution in [0.15, 0.2) is 122 Å². The van der Waals surface area contributed by atoms with E-state index >= 15 is 0 Å². The molecular weight excluding hydrogens is 659 g/mol. The van der Waals surface area contributed by atoms with Crippen LogP contribution in [0, 0.1) is 0 Å². The van der Waals surface area contributed by atoms with Crippen LogP contribution in [0.2, 0.25) is 10.0 Å². The van der Waals surface area contributed by atoms with E-state index in [0.717, 1.165) is 51.0 Å². The van der Waals surface area contributed by atoms with Crippen LogP contribution in [0.25, 0.3) is 22.5 Å². The Kier molecular flexibility index (Phi) is 12.8. The van der Waals surface area contributed by atoms with Gasteiger partial charge in [0, 0.05) is 48.1 Å². The van der Waals surface area contributed by atoms with E-state index in [-0.39, 0.29) is 0 Å². The number of aldehydes is 1. The molecule has 4 heterocycles. The van der Waals surface area contributed by atoms with E-state index in [2.05, 4.69) is 30.6 Å². The third kappa shape index (κ3) is 9.91. The molecule has 0 aliphatic heterocycles. The van der Waals surface area contributed by atoms with Gasteiger partial charge in [-0.15, -0.1) is 0 Å². The maximum Gasteiger partial charge on any atom is 0.201 e. The minimum absolute atomic E-state index is 0.397. The Hall–Kier alpha value is -5.19. The number of halogens is 2. The molecule has 0 amide bonds. The molecule has 9 nitrogen and oxygen atoms in total. The lowest BCUT2D eigenvalue weighted by atomic mass is 10.1. The number of ether oxygens (including phenoxy) is 2. The van der Waals surface area contributed by atoms with E-state index in [9.17, 15) is 4.79 Å². The van der Waals surface area contributed by atoms with E-state index in [0.29, 0.717) is 35.2 Å². The van der Waals surface area contributed by atoms with Crippen LogP contribution in [0.3, 0.4) is 0 Å². The van der Waals surface area contributed by atoms with Crippen molar-refractivity contribution in [3.05, 3.63) is 143 Å². The van der Waals surface area contributed by atoms with Crippen molar-refractivity contribution in [2.45, 2.75) is 20.1 Å². The van der Waals surface area contributed by atoms with Crippen LogP contribution in [-0.4, -0.2) is 39.4 Å². The van der Waals surface area contributed by atoms with Gasteiger partial charge in [-0.25, -0.2) is 0 Å². The number of benzene rings is 2. The lowest BCUT2D eigenvalue weighted by Crippen LogP contribution is -2.10. The highest BCUT2D eigenvalue weighted by molar-refractivity contribution is 6.34. The number of nitrogens with zero attached hydrogens (tertiary/aromatic N) is 4. The standard InChI is InChI=1S/C21H22ClN3O2.C17H12ClN3O/c1-3-26-21(27-4-2)20-11-9-16(14-24-20)25-15-8-10-17(18(22)13-15)19-7-5-6-12-23-19;18-16-9-12(21-13-4-5-14(11-22)20-10-13)6-7-15(16)17-3-1-2-8-19-17/h5-14,21,25H,3-4H2,1-2H3;1-11,21H. The number of hydrogen-bond acceptors (Lipinski definition) is 9. The van der Waals surface area contributed by atoms with E-state index in [1.165, 1.54) is 0 Å². The summed E-state index contributed by atoms with van der Waals surface area (Å²) in [6.45, 7) is 4.99. The summed E-state index contributed by atoms with van der Waals surface area (Å²) in [6.07, 6.45) is 7.11. The molecule has 0 spiro atoms. The number of aromatic nitrogens is 4. The van der Waals surface area contributed by atoms with Crippen LogP contribution in [-0.2, 0) is 9.47 Å². The summed E-state index contributed by atoms with van der Waals surface area (Å²) in [6, 6.07) is 30.2. The van der Waals surface area contributed by atoms with Crippen molar-refractivity contribution in [2.24, 2.45) is 0 Å². The van der Waals surface area contributed by atoms with Crippen molar-refractivity contribution in [3.63, 3.8) is 0 Å². The predicted octanol–water partition coefficient (Wildman–Crippen LogP) is 9.97. The molecule has 0 aliphatic carbocycles. The van der Waals surface area contributed by atoms with Crippen LogP contribution in [0.5, 0.6) is 0 Å². The summed E-state index contributed by atoms with van der Waals surface area (Å²) < 4.78 is 11.1. The van der Waals surface area contributed by atoms with Gasteiger partial charge in [0.25, 0.3) is 0 Å². The molecule has 4 aromatic heterocycles. The number of carbonyl (C=O) groups is 1. The normalized spacial score (nSPS) is 10.6. The monoisotopic (exact) mass is 692 g/mol. The summed E-state index contributed by atoms with van der Waals surface area (Å²) in [5.41, 5.74) is 7.94. The van der Waals surface area contributed by atoms with Gasteiger partial charge in [-0.1, -0.05) is 35.3 Å². The molecule has 2 N–H and O–H groups in total. The molecule has 2 aromatic carbocycles. The summed E-state index contributed by atoms with van der Waals surface area (Å²) in [5.74, 6) is 0. The number of carbonyl (C=O) groups excluding carboxylic acids is 1. The number of rotatable bonds is 12. The molecule has 0 atom stereocenters. The molecule has 0 bridgehead atoms. The summed E-state index contributed by atoms with van der Waals surface area (Å²) in [7, 11) is 0. The number of anilines is 4. The molecule has 0 unspecified atom stereocenters. The quantitative estimate of drug-likeness (QED) is 0.0956. The number of hydrogen-bond donors (Lipinski definition) is 2. The van der Waals surface area contributed by atoms with Gasteiger partial charge in [0.1, 0.15) is 5.69 Å². The Labute approximate surface area is 295 Å². The van der Waals surface area contributed by atoms with Crippen LogP contribution < -0.4 is 10.6 Å². The first kappa shape index (κ1) is 35.1. The van der Waals surface area contributed by atoms with Gasteiger partial charge in [-0.2, -0.15) is 0 Å². The van der Waals surface area contributed by atoms with E-state index in [4.69, 9.17) is 32.7 Å². The molecule has 49 heavy (non-hydrogen) atoms. The molecule has 0 aliphatic rings. The van der Waals surface area contributed by atoms with Gasteiger partial charge < -0.3 is 20.1 Å². The maximum absolute atomic E-state index is 10.6. The van der Waals surface area contributed by atoms with Gasteiger partial charge in [0.05, 0.1) is 50.9 Å². The first-order chi connectivity index (χ1) is 24.0. The fraction of sp³-hybridized carbons (Fsp3) is 0.132. The zero-order chi connectivity index (χ0) is 34.4. The first-order valence-corrected chi connectivity index (χ1v) is 16.3. The number of nitrogens with one attached hydrogen (secondary N) is 2. The van der Waals surface area contributed by atoms with Crippen molar-refractivity contribution in [1.82, 2.24) is 19.9 Å². The van der Waals surface area contributed by atoms with Crippen LogP contribution in [0.1, 0.15) is 36.3 Å². The molecule has 0 radical (unpaired) electrons. The maximum atomic E-state index is 10.6. The molecule has 248 valence electrons. The molecule has 0 fully saturated rings. The largest absolute Gasteiger partial charge is 0.354 e.